The Morgan fingerprint density at radius 3 is 2.47 bits per heavy atom. The molecule has 186 valence electrons. The highest BCUT2D eigenvalue weighted by Crippen LogP contribution is 2.35. The number of para-hydroxylation sites is 2. The molecule has 5 rings (SSSR count). The zero-order chi connectivity index (χ0) is 25.3. The minimum absolute atomic E-state index is 0.0716. The maximum Gasteiger partial charge on any atom is 0.240 e. The van der Waals surface area contributed by atoms with Crippen LogP contribution in [-0.2, 0) is 27.8 Å². The van der Waals surface area contributed by atoms with Gasteiger partial charge in [0.25, 0.3) is 0 Å². The second-order valence-electron chi connectivity index (χ2n) is 8.56. The molecule has 10 heteroatoms. The number of aromatic nitrogens is 2. The number of benzene rings is 3. The number of thioether (sulfide) groups is 1. The summed E-state index contributed by atoms with van der Waals surface area (Å²) in [6.07, 6.45) is 1.41. The molecule has 1 saturated heterocycles. The van der Waals surface area contributed by atoms with E-state index in [0.717, 1.165) is 39.6 Å². The van der Waals surface area contributed by atoms with Crippen molar-refractivity contribution >= 4 is 44.4 Å². The lowest BCUT2D eigenvalue weighted by Gasteiger charge is -2.17. The Balaban J connectivity index is 1.35. The largest absolute Gasteiger partial charge is 0.497 e. The third-order valence-electron chi connectivity index (χ3n) is 6.28. The van der Waals surface area contributed by atoms with Crippen molar-refractivity contribution in [1.29, 1.82) is 0 Å². The maximum atomic E-state index is 13.3. The van der Waals surface area contributed by atoms with E-state index in [-0.39, 0.29) is 16.1 Å². The van der Waals surface area contributed by atoms with Gasteiger partial charge >= 0.3 is 0 Å². The van der Waals surface area contributed by atoms with Crippen molar-refractivity contribution in [3.8, 4) is 5.75 Å². The summed E-state index contributed by atoms with van der Waals surface area (Å²) in [7, 11) is -2.10. The number of imidazole rings is 1. The molecule has 1 amide bonds. The van der Waals surface area contributed by atoms with Gasteiger partial charge in [0.2, 0.25) is 15.9 Å². The summed E-state index contributed by atoms with van der Waals surface area (Å²) in [6, 6.07) is 22.0. The van der Waals surface area contributed by atoms with Gasteiger partial charge in [-0.25, -0.2) is 18.5 Å². The van der Waals surface area contributed by atoms with E-state index in [2.05, 4.69) is 4.57 Å². The number of anilines is 1. The molecule has 0 spiro atoms. The van der Waals surface area contributed by atoms with E-state index in [9.17, 15) is 13.2 Å². The van der Waals surface area contributed by atoms with E-state index in [0.29, 0.717) is 19.5 Å². The Bertz CT molecular complexity index is 1500. The fraction of sp³-hybridized carbons (Fsp3) is 0.231. The number of hydrogen-bond donors (Lipinski definition) is 1. The second kappa shape index (κ2) is 9.96. The molecule has 4 aromatic rings. The summed E-state index contributed by atoms with van der Waals surface area (Å²) in [4.78, 5) is 20.0. The Hall–Kier alpha value is -3.34. The summed E-state index contributed by atoms with van der Waals surface area (Å²) in [5.41, 5.74) is 3.72. The summed E-state index contributed by atoms with van der Waals surface area (Å²) in [5.74, 6) is 0.826. The molecule has 0 saturated carbocycles. The topological polar surface area (TPSA) is 108 Å². The van der Waals surface area contributed by atoms with Crippen molar-refractivity contribution in [2.24, 2.45) is 5.14 Å². The number of amides is 1. The normalized spacial score (nSPS) is 16.1. The number of hydrogen-bond acceptors (Lipinski definition) is 6. The predicted octanol–water partition coefficient (Wildman–Crippen LogP) is 3.83. The van der Waals surface area contributed by atoms with E-state index in [1.54, 1.807) is 19.2 Å². The average molecular weight is 523 g/mol. The lowest BCUT2D eigenvalue weighted by Crippen LogP contribution is -2.28. The van der Waals surface area contributed by atoms with Crippen molar-refractivity contribution in [3.05, 3.63) is 78.4 Å². The van der Waals surface area contributed by atoms with Crippen molar-refractivity contribution in [1.82, 2.24) is 9.55 Å². The number of ether oxygens (including phenoxy) is 1. The van der Waals surface area contributed by atoms with Crippen molar-refractivity contribution in [2.75, 3.05) is 18.6 Å². The quantitative estimate of drug-likeness (QED) is 0.377. The van der Waals surface area contributed by atoms with Gasteiger partial charge in [0.05, 0.1) is 28.3 Å². The number of aryl methyl sites for hydroxylation is 2. The molecule has 0 radical (unpaired) electrons. The highest BCUT2D eigenvalue weighted by atomic mass is 32.2. The van der Waals surface area contributed by atoms with E-state index in [1.165, 1.54) is 23.9 Å². The molecule has 8 nitrogen and oxygen atoms in total. The van der Waals surface area contributed by atoms with Gasteiger partial charge in [0, 0.05) is 18.8 Å². The van der Waals surface area contributed by atoms with E-state index >= 15 is 0 Å². The van der Waals surface area contributed by atoms with Crippen LogP contribution in [0.1, 0.15) is 12.0 Å². The zero-order valence-corrected chi connectivity index (χ0v) is 21.3. The van der Waals surface area contributed by atoms with Crippen molar-refractivity contribution in [3.63, 3.8) is 0 Å². The fourth-order valence-corrected chi connectivity index (χ4v) is 6.04. The van der Waals surface area contributed by atoms with Crippen LogP contribution < -0.4 is 14.8 Å². The van der Waals surface area contributed by atoms with Crippen LogP contribution in [0.5, 0.6) is 5.75 Å². The molecule has 1 aliphatic heterocycles. The smallest absolute Gasteiger partial charge is 0.240 e. The van der Waals surface area contributed by atoms with Crippen LogP contribution in [0.15, 0.2) is 82.8 Å². The molecule has 2 heterocycles. The maximum absolute atomic E-state index is 13.3. The minimum Gasteiger partial charge on any atom is -0.497 e. The second-order valence-corrected chi connectivity index (χ2v) is 11.3. The number of carbonyl (C=O) groups excluding carboxylic acids is 1. The molecule has 1 aliphatic rings. The average Bonchev–Trinajstić information content (AvgIpc) is 3.42. The molecule has 2 N–H and O–H groups in total. The van der Waals surface area contributed by atoms with Gasteiger partial charge < -0.3 is 14.2 Å². The van der Waals surface area contributed by atoms with Gasteiger partial charge in [0.1, 0.15) is 5.75 Å². The number of nitrogens with zero attached hydrogens (tertiary/aromatic N) is 3. The minimum atomic E-state index is -3.72. The van der Waals surface area contributed by atoms with E-state index < -0.39 is 10.0 Å². The molecular weight excluding hydrogens is 496 g/mol. The van der Waals surface area contributed by atoms with Gasteiger partial charge in [-0.2, -0.15) is 0 Å². The third-order valence-corrected chi connectivity index (χ3v) is 8.46. The number of carbonyl (C=O) groups is 1. The molecule has 0 aliphatic carbocycles. The van der Waals surface area contributed by atoms with Crippen LogP contribution >= 0.6 is 11.8 Å². The Morgan fingerprint density at radius 2 is 1.78 bits per heavy atom. The Morgan fingerprint density at radius 1 is 1.06 bits per heavy atom. The van der Waals surface area contributed by atoms with Gasteiger partial charge in [0.15, 0.2) is 5.16 Å². The van der Waals surface area contributed by atoms with Gasteiger partial charge in [-0.05, 0) is 66.9 Å². The number of fused-ring (bicyclic) bond motifs is 1. The summed E-state index contributed by atoms with van der Waals surface area (Å²) in [5, 5.41) is 5.78. The summed E-state index contributed by atoms with van der Waals surface area (Å²) >= 11 is 1.50. The van der Waals surface area contributed by atoms with Crippen LogP contribution in [0.3, 0.4) is 0 Å². The molecule has 3 aromatic carbocycles. The SMILES string of the molecule is COc1ccc(N2CCC(Sc3nc4ccccc4n3CCc3ccc(S(N)(=O)=O)cc3)C2=O)cc1. The highest BCUT2D eigenvalue weighted by molar-refractivity contribution is 8.00. The molecule has 1 unspecified atom stereocenters. The van der Waals surface area contributed by atoms with Crippen LogP contribution in [0.2, 0.25) is 0 Å². The van der Waals surface area contributed by atoms with Gasteiger partial charge in [-0.3, -0.25) is 4.79 Å². The molecule has 1 atom stereocenters. The molecule has 1 fully saturated rings. The predicted molar refractivity (Wildman–Crippen MR) is 141 cm³/mol. The number of rotatable bonds is 8. The van der Waals surface area contributed by atoms with Crippen LogP contribution in [-0.4, -0.2) is 42.8 Å². The summed E-state index contributed by atoms with van der Waals surface area (Å²) in [6.45, 7) is 1.29. The van der Waals surface area contributed by atoms with Gasteiger partial charge in [-0.15, -0.1) is 0 Å². The Labute approximate surface area is 214 Å². The first kappa shape index (κ1) is 24.4. The van der Waals surface area contributed by atoms with Crippen molar-refractivity contribution < 1.29 is 17.9 Å². The number of primary sulfonamides is 1. The lowest BCUT2D eigenvalue weighted by atomic mass is 10.1. The highest BCUT2D eigenvalue weighted by Gasteiger charge is 2.34. The van der Waals surface area contributed by atoms with Crippen LogP contribution in [0.4, 0.5) is 5.69 Å². The number of nitrogens with two attached hydrogens (primary N) is 1. The first-order chi connectivity index (χ1) is 17.3. The zero-order valence-electron chi connectivity index (χ0n) is 19.7. The molecular formula is C26H26N4O4S2. The molecule has 1 aromatic heterocycles. The van der Waals surface area contributed by atoms with E-state index in [1.807, 2.05) is 53.4 Å². The molecule has 36 heavy (non-hydrogen) atoms. The van der Waals surface area contributed by atoms with E-state index in [4.69, 9.17) is 14.9 Å². The monoisotopic (exact) mass is 522 g/mol. The summed E-state index contributed by atoms with van der Waals surface area (Å²) < 4.78 is 30.4. The number of methoxy groups -OCH3 is 1. The van der Waals surface area contributed by atoms with Crippen LogP contribution in [0.25, 0.3) is 11.0 Å². The first-order valence-electron chi connectivity index (χ1n) is 11.5. The number of sulfonamides is 1. The molecule has 0 bridgehead atoms. The van der Waals surface area contributed by atoms with Crippen LogP contribution in [0, 0.1) is 0 Å². The van der Waals surface area contributed by atoms with Gasteiger partial charge in [-0.1, -0.05) is 36.0 Å². The fourth-order valence-electron chi connectivity index (χ4n) is 4.36. The Kier molecular flexibility index (Phi) is 6.74. The first-order valence-corrected chi connectivity index (χ1v) is 14.0. The standard InChI is InChI=1S/C26H26N4O4S2/c1-34-20-10-8-19(9-11-20)29-17-15-24(25(29)31)35-26-28-22-4-2-3-5-23(22)30(26)16-14-18-6-12-21(13-7-18)36(27,32)33/h2-13,24H,14-17H2,1H3,(H2,27,32,33). The van der Waals surface area contributed by atoms with Crippen molar-refractivity contribution in [2.45, 2.75) is 34.7 Å². The third kappa shape index (κ3) is 4.97. The lowest BCUT2D eigenvalue weighted by molar-refractivity contribution is -0.116.